The molecule has 0 bridgehead atoms. The number of hydrazone groups is 1. The quantitative estimate of drug-likeness (QED) is 0.477. The van der Waals surface area contributed by atoms with Gasteiger partial charge in [-0.05, 0) is 18.9 Å². The molecule has 0 unspecified atom stereocenters. The van der Waals surface area contributed by atoms with Gasteiger partial charge in [-0.15, -0.1) is 0 Å². The van der Waals surface area contributed by atoms with Gasteiger partial charge in [-0.2, -0.15) is 5.10 Å². The molecule has 0 aliphatic carbocycles. The van der Waals surface area contributed by atoms with Crippen LogP contribution in [0.1, 0.15) is 45.7 Å². The van der Waals surface area contributed by atoms with Crippen LogP contribution in [0.15, 0.2) is 17.2 Å². The Balaban J connectivity index is 2.62. The van der Waals surface area contributed by atoms with E-state index in [2.05, 4.69) is 5.10 Å². The minimum atomic E-state index is -0.219. The second kappa shape index (κ2) is 5.45. The van der Waals surface area contributed by atoms with E-state index in [0.717, 1.165) is 12.0 Å². The molecule has 2 amide bonds. The van der Waals surface area contributed by atoms with Crippen molar-refractivity contribution >= 4 is 18.0 Å². The van der Waals surface area contributed by atoms with Crippen molar-refractivity contribution in [3.8, 4) is 0 Å². The molecule has 2 rings (SSSR count). The first-order chi connectivity index (χ1) is 9.51. The first-order valence-corrected chi connectivity index (χ1v) is 6.74. The van der Waals surface area contributed by atoms with Crippen LogP contribution in [0, 0.1) is 0 Å². The van der Waals surface area contributed by atoms with Crippen molar-refractivity contribution in [2.24, 2.45) is 5.10 Å². The van der Waals surface area contributed by atoms with Crippen molar-refractivity contribution in [3.05, 3.63) is 34.4 Å². The molecule has 20 heavy (non-hydrogen) atoms. The van der Waals surface area contributed by atoms with Crippen molar-refractivity contribution in [3.63, 3.8) is 0 Å². The molecule has 106 valence electrons. The van der Waals surface area contributed by atoms with E-state index in [-0.39, 0.29) is 11.8 Å². The Morgan fingerprint density at radius 2 is 1.80 bits per heavy atom. The number of benzene rings is 1. The highest BCUT2D eigenvalue weighted by Gasteiger charge is 2.37. The second-order valence-corrected chi connectivity index (χ2v) is 4.86. The van der Waals surface area contributed by atoms with E-state index in [1.54, 1.807) is 18.1 Å². The summed E-state index contributed by atoms with van der Waals surface area (Å²) in [5.41, 5.74) is 2.64. The molecular formula is C15H19N3O2. The molecule has 1 aliphatic rings. The number of imide groups is 1. The predicted octanol–water partition coefficient (Wildman–Crippen LogP) is 1.76. The monoisotopic (exact) mass is 273 g/mol. The van der Waals surface area contributed by atoms with Crippen molar-refractivity contribution in [2.75, 3.05) is 20.6 Å². The fourth-order valence-electron chi connectivity index (χ4n) is 2.37. The van der Waals surface area contributed by atoms with Gasteiger partial charge in [-0.25, -0.2) is 0 Å². The summed E-state index contributed by atoms with van der Waals surface area (Å²) < 4.78 is 0. The molecule has 0 atom stereocenters. The number of carbonyl (C=O) groups excluding carboxylic acids is 2. The number of hydrogen-bond donors (Lipinski definition) is 0. The highest BCUT2D eigenvalue weighted by atomic mass is 16.2. The average molecular weight is 273 g/mol. The zero-order valence-electron chi connectivity index (χ0n) is 12.3. The minimum absolute atomic E-state index is 0.190. The van der Waals surface area contributed by atoms with Crippen LogP contribution in [0.5, 0.6) is 0 Å². The smallest absolute Gasteiger partial charge is 0.262 e. The number of carbonyl (C=O) groups is 2. The first-order valence-electron chi connectivity index (χ1n) is 6.74. The van der Waals surface area contributed by atoms with Gasteiger partial charge in [-0.1, -0.05) is 19.1 Å². The topological polar surface area (TPSA) is 53.0 Å². The Morgan fingerprint density at radius 3 is 2.35 bits per heavy atom. The van der Waals surface area contributed by atoms with Gasteiger partial charge in [-0.3, -0.25) is 14.5 Å². The minimum Gasteiger partial charge on any atom is -0.303 e. The second-order valence-electron chi connectivity index (χ2n) is 4.86. The molecule has 0 saturated heterocycles. The van der Waals surface area contributed by atoms with Gasteiger partial charge in [0, 0.05) is 26.2 Å². The van der Waals surface area contributed by atoms with Crippen LogP contribution >= 0.6 is 0 Å². The van der Waals surface area contributed by atoms with Crippen LogP contribution in [0.2, 0.25) is 0 Å². The summed E-state index contributed by atoms with van der Waals surface area (Å²) in [6, 6.07) is 3.76. The van der Waals surface area contributed by atoms with E-state index >= 15 is 0 Å². The number of hydrogen-bond acceptors (Lipinski definition) is 4. The molecule has 0 N–H and O–H groups in total. The first kappa shape index (κ1) is 14.2. The van der Waals surface area contributed by atoms with Gasteiger partial charge in [0.25, 0.3) is 11.8 Å². The Labute approximate surface area is 118 Å². The molecule has 5 heteroatoms. The SMILES string of the molecule is CCc1ccc(/C=N/N(C)C)c2c1C(=O)N(CC)C2=O. The summed E-state index contributed by atoms with van der Waals surface area (Å²) in [5.74, 6) is -0.410. The summed E-state index contributed by atoms with van der Waals surface area (Å²) in [6.07, 6.45) is 2.35. The lowest BCUT2D eigenvalue weighted by molar-refractivity contribution is 0.0662. The van der Waals surface area contributed by atoms with Crippen LogP contribution in [0.4, 0.5) is 0 Å². The highest BCUT2D eigenvalue weighted by molar-refractivity contribution is 6.24. The third kappa shape index (κ3) is 2.19. The number of aryl methyl sites for hydroxylation is 1. The highest BCUT2D eigenvalue weighted by Crippen LogP contribution is 2.28. The summed E-state index contributed by atoms with van der Waals surface area (Å²) in [6.45, 7) is 4.18. The van der Waals surface area contributed by atoms with Gasteiger partial charge in [0.05, 0.1) is 17.3 Å². The maximum atomic E-state index is 12.4. The molecule has 1 aliphatic heterocycles. The number of fused-ring (bicyclic) bond motifs is 1. The fourth-order valence-corrected chi connectivity index (χ4v) is 2.37. The molecule has 1 aromatic rings. The number of amides is 2. The third-order valence-electron chi connectivity index (χ3n) is 3.37. The van der Waals surface area contributed by atoms with Gasteiger partial charge in [0.15, 0.2) is 0 Å². The zero-order chi connectivity index (χ0) is 14.9. The van der Waals surface area contributed by atoms with E-state index in [9.17, 15) is 9.59 Å². The lowest BCUT2D eigenvalue weighted by atomic mass is 9.96. The third-order valence-corrected chi connectivity index (χ3v) is 3.37. The predicted molar refractivity (Wildman–Crippen MR) is 78.1 cm³/mol. The van der Waals surface area contributed by atoms with Crippen molar-refractivity contribution in [1.82, 2.24) is 9.91 Å². The Hall–Kier alpha value is -2.17. The van der Waals surface area contributed by atoms with Crippen LogP contribution < -0.4 is 0 Å². The zero-order valence-corrected chi connectivity index (χ0v) is 12.3. The summed E-state index contributed by atoms with van der Waals surface area (Å²) in [7, 11) is 3.62. The summed E-state index contributed by atoms with van der Waals surface area (Å²) >= 11 is 0. The van der Waals surface area contributed by atoms with Gasteiger partial charge in [0.1, 0.15) is 0 Å². The van der Waals surface area contributed by atoms with E-state index < -0.39 is 0 Å². The van der Waals surface area contributed by atoms with Gasteiger partial charge in [0.2, 0.25) is 0 Å². The van der Waals surface area contributed by atoms with Crippen LogP contribution in [0.25, 0.3) is 0 Å². The Kier molecular flexibility index (Phi) is 3.88. The Morgan fingerprint density at radius 1 is 1.15 bits per heavy atom. The van der Waals surface area contributed by atoms with Gasteiger partial charge < -0.3 is 5.01 Å². The van der Waals surface area contributed by atoms with Gasteiger partial charge >= 0.3 is 0 Å². The van der Waals surface area contributed by atoms with Crippen LogP contribution in [-0.2, 0) is 6.42 Å². The molecule has 5 nitrogen and oxygen atoms in total. The molecule has 0 fully saturated rings. The van der Waals surface area contributed by atoms with Crippen LogP contribution in [0.3, 0.4) is 0 Å². The molecular weight excluding hydrogens is 254 g/mol. The molecule has 0 spiro atoms. The molecule has 0 aromatic heterocycles. The summed E-state index contributed by atoms with van der Waals surface area (Å²) in [5, 5.41) is 5.82. The van der Waals surface area contributed by atoms with E-state index in [1.807, 2.05) is 33.2 Å². The maximum absolute atomic E-state index is 12.4. The van der Waals surface area contributed by atoms with E-state index in [4.69, 9.17) is 0 Å². The van der Waals surface area contributed by atoms with Crippen molar-refractivity contribution in [1.29, 1.82) is 0 Å². The van der Waals surface area contributed by atoms with Crippen molar-refractivity contribution in [2.45, 2.75) is 20.3 Å². The van der Waals surface area contributed by atoms with E-state index in [0.29, 0.717) is 23.2 Å². The molecule has 0 saturated carbocycles. The van der Waals surface area contributed by atoms with Crippen LogP contribution in [-0.4, -0.2) is 48.6 Å². The lowest BCUT2D eigenvalue weighted by Gasteiger charge is -2.09. The largest absolute Gasteiger partial charge is 0.303 e. The Bertz CT molecular complexity index is 591. The molecule has 1 aromatic carbocycles. The van der Waals surface area contributed by atoms with E-state index in [1.165, 1.54) is 4.90 Å². The number of nitrogens with zero attached hydrogens (tertiary/aromatic N) is 3. The normalized spacial score (nSPS) is 14.3. The molecule has 1 heterocycles. The lowest BCUT2D eigenvalue weighted by Crippen LogP contribution is -2.29. The fraction of sp³-hybridized carbons (Fsp3) is 0.400. The number of rotatable bonds is 4. The molecule has 0 radical (unpaired) electrons. The van der Waals surface area contributed by atoms with Crippen molar-refractivity contribution < 1.29 is 9.59 Å². The average Bonchev–Trinajstić information content (AvgIpc) is 2.68. The maximum Gasteiger partial charge on any atom is 0.262 e. The summed E-state index contributed by atoms with van der Waals surface area (Å²) in [4.78, 5) is 26.0. The standard InChI is InChI=1S/C15H19N3O2/c1-5-10-7-8-11(9-16-17(3)4)13-12(10)14(19)18(6-2)15(13)20/h7-9H,5-6H2,1-4H3/b16-9+.